The van der Waals surface area contributed by atoms with Crippen LogP contribution in [0.1, 0.15) is 71.6 Å². The number of hydrogen-bond donors (Lipinski definition) is 4. The zero-order chi connectivity index (χ0) is 22.8. The molecule has 182 valence electrons. The lowest BCUT2D eigenvalue weighted by atomic mass is 9.45. The van der Waals surface area contributed by atoms with Crippen LogP contribution in [0.15, 0.2) is 0 Å². The van der Waals surface area contributed by atoms with E-state index in [2.05, 4.69) is 13.8 Å². The molecule has 32 heavy (non-hydrogen) atoms. The second kappa shape index (κ2) is 8.28. The van der Waals surface area contributed by atoms with Crippen molar-refractivity contribution in [1.29, 1.82) is 0 Å². The summed E-state index contributed by atoms with van der Waals surface area (Å²) in [7, 11) is 0. The van der Waals surface area contributed by atoms with E-state index in [1.807, 2.05) is 0 Å². The van der Waals surface area contributed by atoms with Crippen LogP contribution in [0.2, 0.25) is 0 Å². The highest BCUT2D eigenvalue weighted by atomic mass is 16.7. The van der Waals surface area contributed by atoms with Gasteiger partial charge < -0.3 is 29.9 Å². The van der Waals surface area contributed by atoms with E-state index in [0.717, 1.165) is 51.4 Å². The molecule has 4 aliphatic carbocycles. The van der Waals surface area contributed by atoms with Gasteiger partial charge in [-0.25, -0.2) is 0 Å². The summed E-state index contributed by atoms with van der Waals surface area (Å²) in [6.45, 7) is 4.24. The largest absolute Gasteiger partial charge is 0.394 e. The maximum absolute atomic E-state index is 12.6. The average Bonchev–Trinajstić information content (AvgIpc) is 3.09. The van der Waals surface area contributed by atoms with Crippen LogP contribution in [-0.2, 0) is 14.3 Å². The fourth-order valence-corrected chi connectivity index (χ4v) is 8.48. The molecule has 0 spiro atoms. The van der Waals surface area contributed by atoms with Gasteiger partial charge in [-0.1, -0.05) is 13.8 Å². The van der Waals surface area contributed by atoms with Gasteiger partial charge in [0.1, 0.15) is 30.2 Å². The summed E-state index contributed by atoms with van der Waals surface area (Å²) in [6, 6.07) is 0. The number of hydrogen-bond acceptors (Lipinski definition) is 7. The van der Waals surface area contributed by atoms with Gasteiger partial charge in [-0.05, 0) is 80.5 Å². The van der Waals surface area contributed by atoms with Crippen molar-refractivity contribution in [2.24, 2.45) is 34.5 Å². The number of fused-ring (bicyclic) bond motifs is 5. The molecule has 1 heterocycles. The zero-order valence-electron chi connectivity index (χ0n) is 19.4. The standard InChI is InChI=1S/C25H40O7/c1-24-9-7-14(31-23-22(30)21(29)20(28)18(12-26)32-23)11-13(24)3-4-15-16-5-6-19(27)25(16,2)10-8-17(15)24/h13-18,20-23,26,28-30H,3-12H2,1-2H3/t13?,14-,15?,16?,17?,18?,20+,21-,22?,23-,24?,25?/m1/s1. The summed E-state index contributed by atoms with van der Waals surface area (Å²) < 4.78 is 11.7. The third kappa shape index (κ3) is 3.42. The highest BCUT2D eigenvalue weighted by molar-refractivity contribution is 5.87. The Balaban J connectivity index is 1.26. The first-order valence-electron chi connectivity index (χ1n) is 12.7. The molecule has 0 aromatic heterocycles. The fourth-order valence-electron chi connectivity index (χ4n) is 8.48. The van der Waals surface area contributed by atoms with Crippen LogP contribution in [0.3, 0.4) is 0 Å². The molecule has 0 bridgehead atoms. The van der Waals surface area contributed by atoms with Crippen LogP contribution in [0.25, 0.3) is 0 Å². The minimum Gasteiger partial charge on any atom is -0.394 e. The molecule has 8 unspecified atom stereocenters. The maximum atomic E-state index is 12.6. The lowest BCUT2D eigenvalue weighted by molar-refractivity contribution is -0.316. The summed E-state index contributed by atoms with van der Waals surface area (Å²) >= 11 is 0. The van der Waals surface area contributed by atoms with Gasteiger partial charge in [-0.3, -0.25) is 4.79 Å². The number of rotatable bonds is 3. The van der Waals surface area contributed by atoms with E-state index < -0.39 is 37.3 Å². The molecule has 0 radical (unpaired) electrons. The Bertz CT molecular complexity index is 727. The fraction of sp³-hybridized carbons (Fsp3) is 0.960. The van der Waals surface area contributed by atoms with Gasteiger partial charge in [-0.15, -0.1) is 0 Å². The van der Waals surface area contributed by atoms with Crippen LogP contribution in [0.4, 0.5) is 0 Å². The van der Waals surface area contributed by atoms with E-state index in [1.165, 1.54) is 6.42 Å². The van der Waals surface area contributed by atoms with E-state index in [0.29, 0.717) is 29.5 Å². The van der Waals surface area contributed by atoms with Crippen molar-refractivity contribution in [1.82, 2.24) is 0 Å². The first kappa shape index (κ1) is 23.2. The molecule has 0 aromatic rings. The SMILES string of the molecule is CC12CCC3C(CCC4C[C@H](O[C@@H]5OC(CO)[C@H](O)[C@@H](O)C5O)CCC43C)C1CCC2=O. The Morgan fingerprint density at radius 1 is 0.969 bits per heavy atom. The lowest BCUT2D eigenvalue weighted by Crippen LogP contribution is -2.60. The molecule has 5 fully saturated rings. The second-order valence-electron chi connectivity index (χ2n) is 11.8. The Morgan fingerprint density at radius 3 is 2.50 bits per heavy atom. The number of ether oxygens (including phenoxy) is 2. The van der Waals surface area contributed by atoms with E-state index in [1.54, 1.807) is 0 Å². The first-order valence-corrected chi connectivity index (χ1v) is 12.7. The molecule has 7 heteroatoms. The van der Waals surface area contributed by atoms with Crippen molar-refractivity contribution in [2.75, 3.05) is 6.61 Å². The predicted octanol–water partition coefficient (Wildman–Crippen LogP) is 1.78. The Kier molecular flexibility index (Phi) is 6.00. The smallest absolute Gasteiger partial charge is 0.186 e. The molecule has 4 saturated carbocycles. The molecule has 1 aliphatic heterocycles. The third-order valence-electron chi connectivity index (χ3n) is 10.5. The average molecular weight is 453 g/mol. The number of ketones is 1. The molecule has 0 aromatic carbocycles. The van der Waals surface area contributed by atoms with Crippen LogP contribution >= 0.6 is 0 Å². The number of aliphatic hydroxyl groups is 4. The second-order valence-corrected chi connectivity index (χ2v) is 11.8. The quantitative estimate of drug-likeness (QED) is 0.482. The monoisotopic (exact) mass is 452 g/mol. The summed E-state index contributed by atoms with van der Waals surface area (Å²) in [5.74, 6) is 2.90. The number of Topliss-reactive ketones (excluding diaryl/α,β-unsaturated/α-hetero) is 1. The zero-order valence-corrected chi connectivity index (χ0v) is 19.4. The molecule has 7 nitrogen and oxygen atoms in total. The Morgan fingerprint density at radius 2 is 1.75 bits per heavy atom. The first-order chi connectivity index (χ1) is 15.2. The van der Waals surface area contributed by atoms with Crippen LogP contribution in [0.5, 0.6) is 0 Å². The minimum absolute atomic E-state index is 0.0759. The number of carbonyl (C=O) groups is 1. The lowest BCUT2D eigenvalue weighted by Gasteiger charge is -2.60. The van der Waals surface area contributed by atoms with Gasteiger partial charge >= 0.3 is 0 Å². The summed E-state index contributed by atoms with van der Waals surface area (Å²) in [6.07, 6.45) is 3.00. The van der Waals surface area contributed by atoms with Gasteiger partial charge in [0.15, 0.2) is 6.29 Å². The van der Waals surface area contributed by atoms with E-state index in [9.17, 15) is 25.2 Å². The third-order valence-corrected chi connectivity index (χ3v) is 10.5. The summed E-state index contributed by atoms with van der Waals surface area (Å²) in [4.78, 5) is 12.6. The summed E-state index contributed by atoms with van der Waals surface area (Å²) in [5.41, 5.74) is 0.166. The van der Waals surface area contributed by atoms with Gasteiger partial charge in [0.05, 0.1) is 12.7 Å². The van der Waals surface area contributed by atoms with Crippen LogP contribution < -0.4 is 0 Å². The molecular formula is C25H40O7. The van der Waals surface area contributed by atoms with E-state index in [-0.39, 0.29) is 16.9 Å². The van der Waals surface area contributed by atoms with Crippen molar-refractivity contribution in [3.05, 3.63) is 0 Å². The van der Waals surface area contributed by atoms with Crippen LogP contribution in [-0.4, -0.2) is 69.6 Å². The van der Waals surface area contributed by atoms with Crippen molar-refractivity contribution < 1.29 is 34.7 Å². The number of carbonyl (C=O) groups excluding carboxylic acids is 1. The highest BCUT2D eigenvalue weighted by Crippen LogP contribution is 2.65. The van der Waals surface area contributed by atoms with Crippen molar-refractivity contribution in [3.8, 4) is 0 Å². The molecule has 0 amide bonds. The van der Waals surface area contributed by atoms with E-state index in [4.69, 9.17) is 9.47 Å². The molecule has 5 aliphatic rings. The molecular weight excluding hydrogens is 412 g/mol. The Hall–Kier alpha value is -0.570. The van der Waals surface area contributed by atoms with Gasteiger partial charge in [0.2, 0.25) is 0 Å². The maximum Gasteiger partial charge on any atom is 0.186 e. The van der Waals surface area contributed by atoms with Gasteiger partial charge in [-0.2, -0.15) is 0 Å². The van der Waals surface area contributed by atoms with E-state index >= 15 is 0 Å². The normalized spacial score (nSPS) is 55.8. The van der Waals surface area contributed by atoms with Gasteiger partial charge in [0, 0.05) is 11.8 Å². The minimum atomic E-state index is -1.40. The predicted molar refractivity (Wildman–Crippen MR) is 115 cm³/mol. The van der Waals surface area contributed by atoms with Crippen molar-refractivity contribution in [2.45, 2.75) is 108 Å². The van der Waals surface area contributed by atoms with Gasteiger partial charge in [0.25, 0.3) is 0 Å². The van der Waals surface area contributed by atoms with Crippen molar-refractivity contribution >= 4 is 5.78 Å². The molecule has 12 atom stereocenters. The summed E-state index contributed by atoms with van der Waals surface area (Å²) in [5, 5.41) is 39.9. The highest BCUT2D eigenvalue weighted by Gasteiger charge is 2.60. The molecule has 4 N–H and O–H groups in total. The topological polar surface area (TPSA) is 116 Å². The Labute approximate surface area is 190 Å². The molecule has 5 rings (SSSR count). The van der Waals surface area contributed by atoms with Crippen LogP contribution in [0, 0.1) is 34.5 Å². The number of aliphatic hydroxyl groups excluding tert-OH is 4. The molecule has 1 saturated heterocycles. The van der Waals surface area contributed by atoms with Crippen molar-refractivity contribution in [3.63, 3.8) is 0 Å².